The number of nitrogens with two attached hydrogens (primary N) is 1. The van der Waals surface area contributed by atoms with Gasteiger partial charge in [0.15, 0.2) is 0 Å². The molecule has 1 saturated heterocycles. The topological polar surface area (TPSA) is 94.2 Å². The van der Waals surface area contributed by atoms with Crippen LogP contribution in [0.1, 0.15) is 27.6 Å². The number of nitrogens with zero attached hydrogens (tertiary/aromatic N) is 4. The average Bonchev–Trinajstić information content (AvgIpc) is 2.80. The van der Waals surface area contributed by atoms with E-state index in [0.717, 1.165) is 43.1 Å². The van der Waals surface area contributed by atoms with Gasteiger partial charge in [-0.2, -0.15) is 0 Å². The van der Waals surface area contributed by atoms with Gasteiger partial charge in [0, 0.05) is 36.9 Å². The van der Waals surface area contributed by atoms with E-state index in [1.807, 2.05) is 19.1 Å². The third kappa shape index (κ3) is 5.04. The van der Waals surface area contributed by atoms with E-state index >= 15 is 0 Å². The molecule has 0 bridgehead atoms. The van der Waals surface area contributed by atoms with Gasteiger partial charge in [0.05, 0.1) is 18.9 Å². The summed E-state index contributed by atoms with van der Waals surface area (Å²) in [5.41, 5.74) is 8.45. The van der Waals surface area contributed by atoms with Crippen LogP contribution in [-0.4, -0.2) is 52.1 Å². The minimum absolute atomic E-state index is 0.250. The molecule has 2 N–H and O–H groups in total. The molecular formula is C18H23N5O2. The van der Waals surface area contributed by atoms with Crippen LogP contribution in [0.2, 0.25) is 0 Å². The fourth-order valence-corrected chi connectivity index (χ4v) is 3.08. The maximum Gasteiger partial charge on any atom is 0.267 e. The first-order chi connectivity index (χ1) is 12.1. The van der Waals surface area contributed by atoms with Gasteiger partial charge in [0.2, 0.25) is 0 Å². The number of ether oxygens (including phenoxy) is 1. The van der Waals surface area contributed by atoms with E-state index in [2.05, 4.69) is 25.9 Å². The van der Waals surface area contributed by atoms with E-state index in [1.54, 1.807) is 6.07 Å². The molecule has 0 radical (unpaired) electrons. The standard InChI is InChI=1S/C18H23N5O2/c1-13-3-2-4-15(22-13)10-23-5-6-25-11-14(9-23)7-16-8-17(18(19)24)21-12-20-16/h2-4,8,12,14H,5-7,9-11H2,1H3,(H2,19,24)/t14-/m1/s1. The van der Waals surface area contributed by atoms with Gasteiger partial charge in [0.1, 0.15) is 12.0 Å². The predicted molar refractivity (Wildman–Crippen MR) is 92.8 cm³/mol. The molecule has 2 aromatic rings. The Balaban J connectivity index is 1.65. The van der Waals surface area contributed by atoms with Gasteiger partial charge >= 0.3 is 0 Å². The van der Waals surface area contributed by atoms with Crippen LogP contribution in [-0.2, 0) is 17.7 Å². The second-order valence-electron chi connectivity index (χ2n) is 6.41. The summed E-state index contributed by atoms with van der Waals surface area (Å²) >= 11 is 0. The number of rotatable bonds is 5. The van der Waals surface area contributed by atoms with Crippen LogP contribution in [0, 0.1) is 12.8 Å². The molecule has 0 spiro atoms. The van der Waals surface area contributed by atoms with E-state index in [0.29, 0.717) is 19.1 Å². The van der Waals surface area contributed by atoms with Crippen LogP contribution in [0.15, 0.2) is 30.6 Å². The van der Waals surface area contributed by atoms with Crippen LogP contribution < -0.4 is 5.73 Å². The molecule has 3 rings (SSSR count). The quantitative estimate of drug-likeness (QED) is 0.871. The summed E-state index contributed by atoms with van der Waals surface area (Å²) in [6.45, 7) is 5.96. The smallest absolute Gasteiger partial charge is 0.267 e. The van der Waals surface area contributed by atoms with Crippen LogP contribution in [0.25, 0.3) is 0 Å². The van der Waals surface area contributed by atoms with E-state index in [9.17, 15) is 4.79 Å². The van der Waals surface area contributed by atoms with Crippen molar-refractivity contribution in [1.29, 1.82) is 0 Å². The van der Waals surface area contributed by atoms with E-state index in [4.69, 9.17) is 10.5 Å². The Labute approximate surface area is 147 Å². The fourth-order valence-electron chi connectivity index (χ4n) is 3.08. The highest BCUT2D eigenvalue weighted by Gasteiger charge is 2.20. The molecule has 7 nitrogen and oxygen atoms in total. The van der Waals surface area contributed by atoms with Gasteiger partial charge in [-0.25, -0.2) is 9.97 Å². The van der Waals surface area contributed by atoms with Crippen LogP contribution in [0.3, 0.4) is 0 Å². The zero-order valence-corrected chi connectivity index (χ0v) is 14.4. The number of aryl methyl sites for hydroxylation is 1. The first kappa shape index (κ1) is 17.4. The number of amides is 1. The Bertz CT molecular complexity index is 737. The highest BCUT2D eigenvalue weighted by molar-refractivity contribution is 5.90. The molecule has 2 aromatic heterocycles. The van der Waals surface area contributed by atoms with Gasteiger partial charge in [-0.15, -0.1) is 0 Å². The second kappa shape index (κ2) is 8.13. The van der Waals surface area contributed by atoms with Crippen molar-refractivity contribution in [3.05, 3.63) is 53.4 Å². The largest absolute Gasteiger partial charge is 0.380 e. The fraction of sp³-hybridized carbons (Fsp3) is 0.444. The number of carbonyl (C=O) groups excluding carboxylic acids is 1. The van der Waals surface area contributed by atoms with Crippen LogP contribution in [0.4, 0.5) is 0 Å². The Kier molecular flexibility index (Phi) is 5.67. The molecule has 1 aliphatic rings. The lowest BCUT2D eigenvalue weighted by atomic mass is 10.0. The minimum atomic E-state index is -0.534. The van der Waals surface area contributed by atoms with Gasteiger partial charge in [0.25, 0.3) is 5.91 Å². The number of carbonyl (C=O) groups is 1. The lowest BCUT2D eigenvalue weighted by Crippen LogP contribution is -2.31. The van der Waals surface area contributed by atoms with Gasteiger partial charge < -0.3 is 10.5 Å². The number of hydrogen-bond acceptors (Lipinski definition) is 6. The average molecular weight is 341 g/mol. The molecule has 25 heavy (non-hydrogen) atoms. The Morgan fingerprint density at radius 1 is 1.36 bits per heavy atom. The summed E-state index contributed by atoms with van der Waals surface area (Å²) in [5, 5.41) is 0. The number of aromatic nitrogens is 3. The van der Waals surface area contributed by atoms with Crippen molar-refractivity contribution in [3.63, 3.8) is 0 Å². The minimum Gasteiger partial charge on any atom is -0.380 e. The lowest BCUT2D eigenvalue weighted by molar-refractivity contribution is 0.0995. The number of primary amides is 1. The second-order valence-corrected chi connectivity index (χ2v) is 6.41. The maximum atomic E-state index is 11.3. The van der Waals surface area contributed by atoms with Gasteiger partial charge in [-0.3, -0.25) is 14.7 Å². The normalized spacial score (nSPS) is 18.7. The molecule has 7 heteroatoms. The summed E-state index contributed by atoms with van der Waals surface area (Å²) in [4.78, 5) is 26.4. The zero-order valence-electron chi connectivity index (χ0n) is 14.4. The van der Waals surface area contributed by atoms with Crippen molar-refractivity contribution in [1.82, 2.24) is 19.9 Å². The van der Waals surface area contributed by atoms with Gasteiger partial charge in [-0.1, -0.05) is 6.07 Å². The van der Waals surface area contributed by atoms with Gasteiger partial charge in [-0.05, 0) is 31.5 Å². The van der Waals surface area contributed by atoms with Crippen molar-refractivity contribution >= 4 is 5.91 Å². The van der Waals surface area contributed by atoms with Crippen molar-refractivity contribution in [2.75, 3.05) is 26.3 Å². The third-order valence-corrected chi connectivity index (χ3v) is 4.23. The van der Waals surface area contributed by atoms with Crippen molar-refractivity contribution in [2.45, 2.75) is 19.9 Å². The Morgan fingerprint density at radius 3 is 3.04 bits per heavy atom. The maximum absolute atomic E-state index is 11.3. The first-order valence-electron chi connectivity index (χ1n) is 8.43. The number of pyridine rings is 1. The molecular weight excluding hydrogens is 318 g/mol. The van der Waals surface area contributed by atoms with E-state index < -0.39 is 5.91 Å². The zero-order chi connectivity index (χ0) is 17.6. The van der Waals surface area contributed by atoms with Crippen LogP contribution >= 0.6 is 0 Å². The summed E-state index contributed by atoms with van der Waals surface area (Å²) in [6.07, 6.45) is 2.11. The molecule has 1 aliphatic heterocycles. The summed E-state index contributed by atoms with van der Waals surface area (Å²) in [6, 6.07) is 7.76. The first-order valence-corrected chi connectivity index (χ1v) is 8.43. The third-order valence-electron chi connectivity index (χ3n) is 4.23. The molecule has 3 heterocycles. The molecule has 1 fully saturated rings. The van der Waals surface area contributed by atoms with Crippen molar-refractivity contribution in [3.8, 4) is 0 Å². The Hall–Kier alpha value is -2.38. The van der Waals surface area contributed by atoms with Crippen molar-refractivity contribution < 1.29 is 9.53 Å². The SMILES string of the molecule is Cc1cccc(CN2CCOC[C@H](Cc3cc(C(N)=O)ncn3)C2)n1. The molecule has 132 valence electrons. The monoisotopic (exact) mass is 341 g/mol. The molecule has 0 unspecified atom stereocenters. The summed E-state index contributed by atoms with van der Waals surface area (Å²) in [7, 11) is 0. The molecule has 0 aromatic carbocycles. The molecule has 0 saturated carbocycles. The predicted octanol–water partition coefficient (Wildman–Crippen LogP) is 0.970. The summed E-state index contributed by atoms with van der Waals surface area (Å²) in [5.74, 6) is -0.240. The molecule has 0 aliphatic carbocycles. The number of hydrogen-bond donors (Lipinski definition) is 1. The Morgan fingerprint density at radius 2 is 2.24 bits per heavy atom. The molecule has 1 amide bonds. The van der Waals surface area contributed by atoms with E-state index in [1.165, 1.54) is 6.33 Å². The van der Waals surface area contributed by atoms with E-state index in [-0.39, 0.29) is 5.69 Å². The van der Waals surface area contributed by atoms with Crippen LogP contribution in [0.5, 0.6) is 0 Å². The highest BCUT2D eigenvalue weighted by Crippen LogP contribution is 2.15. The lowest BCUT2D eigenvalue weighted by Gasteiger charge is -2.23. The summed E-state index contributed by atoms with van der Waals surface area (Å²) < 4.78 is 5.75. The molecule has 1 atom stereocenters. The highest BCUT2D eigenvalue weighted by atomic mass is 16.5. The van der Waals surface area contributed by atoms with Crippen molar-refractivity contribution in [2.24, 2.45) is 11.7 Å².